The van der Waals surface area contributed by atoms with E-state index in [1.54, 1.807) is 43.0 Å². The van der Waals surface area contributed by atoms with E-state index in [1.165, 1.54) is 5.56 Å². The molecule has 0 spiro atoms. The van der Waals surface area contributed by atoms with Crippen LogP contribution >= 0.6 is 0 Å². The second-order valence-electron chi connectivity index (χ2n) is 6.55. The quantitative estimate of drug-likeness (QED) is 0.901. The highest BCUT2D eigenvalue weighted by Crippen LogP contribution is 2.29. The fourth-order valence-corrected chi connectivity index (χ4v) is 2.90. The number of para-hydroxylation sites is 1. The van der Waals surface area contributed by atoms with Crippen LogP contribution in [0.3, 0.4) is 0 Å². The molecule has 1 heterocycles. The van der Waals surface area contributed by atoms with Crippen LogP contribution in [0.1, 0.15) is 29.8 Å². The van der Waals surface area contributed by atoms with E-state index >= 15 is 0 Å². The van der Waals surface area contributed by atoms with Gasteiger partial charge in [-0.3, -0.25) is 9.59 Å². The van der Waals surface area contributed by atoms with Gasteiger partial charge in [0.25, 0.3) is 5.91 Å². The molecular formula is C20H23N3O2. The fourth-order valence-electron chi connectivity index (χ4n) is 2.90. The molecule has 130 valence electrons. The molecule has 5 heteroatoms. The summed E-state index contributed by atoms with van der Waals surface area (Å²) >= 11 is 0. The van der Waals surface area contributed by atoms with E-state index in [9.17, 15) is 9.59 Å². The molecule has 0 saturated carbocycles. The van der Waals surface area contributed by atoms with Gasteiger partial charge in [-0.05, 0) is 49.2 Å². The Balaban J connectivity index is 1.71. The number of carbonyl (C=O) groups excluding carboxylic acids is 2. The summed E-state index contributed by atoms with van der Waals surface area (Å²) in [5.41, 5.74) is 9.20. The summed E-state index contributed by atoms with van der Waals surface area (Å²) in [4.78, 5) is 26.6. The second kappa shape index (κ2) is 7.07. The van der Waals surface area contributed by atoms with Crippen molar-refractivity contribution in [1.82, 2.24) is 0 Å². The molecule has 0 bridgehead atoms. The van der Waals surface area contributed by atoms with Crippen LogP contribution in [-0.2, 0) is 11.2 Å². The Hall–Kier alpha value is -2.66. The number of fused-ring (bicyclic) bond motifs is 1. The Morgan fingerprint density at radius 3 is 2.44 bits per heavy atom. The van der Waals surface area contributed by atoms with Gasteiger partial charge in [-0.15, -0.1) is 0 Å². The lowest BCUT2D eigenvalue weighted by molar-refractivity contribution is -0.119. The molecule has 3 N–H and O–H groups in total. The maximum Gasteiger partial charge on any atom is 0.258 e. The zero-order valence-electron chi connectivity index (χ0n) is 14.5. The van der Waals surface area contributed by atoms with Gasteiger partial charge in [0.1, 0.15) is 0 Å². The molecule has 2 aromatic carbocycles. The van der Waals surface area contributed by atoms with E-state index in [4.69, 9.17) is 5.73 Å². The highest BCUT2D eigenvalue weighted by molar-refractivity contribution is 6.07. The topological polar surface area (TPSA) is 75.4 Å². The first-order chi connectivity index (χ1) is 12.0. The van der Waals surface area contributed by atoms with Gasteiger partial charge in [0, 0.05) is 29.5 Å². The van der Waals surface area contributed by atoms with Gasteiger partial charge >= 0.3 is 0 Å². The summed E-state index contributed by atoms with van der Waals surface area (Å²) in [6.45, 7) is 4.30. The monoisotopic (exact) mass is 337 g/mol. The third kappa shape index (κ3) is 3.56. The molecular weight excluding hydrogens is 314 g/mol. The van der Waals surface area contributed by atoms with E-state index in [0.717, 1.165) is 12.1 Å². The minimum absolute atomic E-state index is 0.0215. The molecule has 2 amide bonds. The molecule has 0 aromatic heterocycles. The number of rotatable bonds is 4. The number of amides is 2. The zero-order valence-corrected chi connectivity index (χ0v) is 14.5. The van der Waals surface area contributed by atoms with Crippen LogP contribution in [-0.4, -0.2) is 24.4 Å². The number of nitrogens with zero attached hydrogens (tertiary/aromatic N) is 1. The molecule has 1 aliphatic heterocycles. The molecule has 5 nitrogen and oxygen atoms in total. The minimum atomic E-state index is -0.276. The number of benzene rings is 2. The third-order valence-corrected chi connectivity index (χ3v) is 4.73. The molecule has 2 atom stereocenters. The van der Waals surface area contributed by atoms with Gasteiger partial charge < -0.3 is 16.0 Å². The van der Waals surface area contributed by atoms with Crippen LogP contribution in [0.15, 0.2) is 48.5 Å². The normalized spacial score (nSPS) is 15.4. The van der Waals surface area contributed by atoms with Crippen molar-refractivity contribution < 1.29 is 9.59 Å². The van der Waals surface area contributed by atoms with E-state index in [-0.39, 0.29) is 23.8 Å². The highest BCUT2D eigenvalue weighted by Gasteiger charge is 2.25. The smallest absolute Gasteiger partial charge is 0.258 e. The van der Waals surface area contributed by atoms with Gasteiger partial charge in [-0.1, -0.05) is 25.1 Å². The molecule has 3 rings (SSSR count). The van der Waals surface area contributed by atoms with Gasteiger partial charge in [-0.2, -0.15) is 0 Å². The van der Waals surface area contributed by atoms with Crippen molar-refractivity contribution in [2.45, 2.75) is 26.3 Å². The Kier molecular flexibility index (Phi) is 4.86. The average Bonchev–Trinajstić information content (AvgIpc) is 3.05. The number of nitrogens with one attached hydrogen (secondary N) is 1. The van der Waals surface area contributed by atoms with Gasteiger partial charge in [0.15, 0.2) is 0 Å². The first-order valence-electron chi connectivity index (χ1n) is 8.53. The summed E-state index contributed by atoms with van der Waals surface area (Å²) in [5.74, 6) is -0.420. The van der Waals surface area contributed by atoms with Gasteiger partial charge in [0.2, 0.25) is 5.91 Å². The van der Waals surface area contributed by atoms with Crippen LogP contribution in [0, 0.1) is 5.92 Å². The number of hydrogen-bond acceptors (Lipinski definition) is 3. The maximum atomic E-state index is 12.8. The number of nitrogens with two attached hydrogens (primary N) is 1. The summed E-state index contributed by atoms with van der Waals surface area (Å²) in [5, 5.41) is 2.83. The number of carbonyl (C=O) groups is 2. The van der Waals surface area contributed by atoms with Crippen LogP contribution < -0.4 is 16.0 Å². The lowest BCUT2D eigenvalue weighted by Crippen LogP contribution is -2.34. The van der Waals surface area contributed by atoms with E-state index in [1.807, 2.05) is 18.2 Å². The van der Waals surface area contributed by atoms with Crippen molar-refractivity contribution in [3.8, 4) is 0 Å². The Morgan fingerprint density at radius 1 is 1.08 bits per heavy atom. The standard InChI is InChI=1S/C20H23N3O2/c1-13(14(2)21)19(24)22-17-9-7-16(8-10-17)20(25)23-12-11-15-5-3-4-6-18(15)23/h3-10,13-14H,11-12,21H2,1-2H3,(H,22,24). The van der Waals surface area contributed by atoms with Crippen molar-refractivity contribution in [1.29, 1.82) is 0 Å². The lowest BCUT2D eigenvalue weighted by Gasteiger charge is -2.18. The Morgan fingerprint density at radius 2 is 1.76 bits per heavy atom. The predicted octanol–water partition coefficient (Wildman–Crippen LogP) is 2.81. The molecule has 2 unspecified atom stereocenters. The molecule has 0 radical (unpaired) electrons. The van der Waals surface area contributed by atoms with Gasteiger partial charge in [0.05, 0.1) is 5.92 Å². The summed E-state index contributed by atoms with van der Waals surface area (Å²) in [6, 6.07) is 14.8. The van der Waals surface area contributed by atoms with Crippen LogP contribution in [0.2, 0.25) is 0 Å². The first-order valence-corrected chi connectivity index (χ1v) is 8.53. The molecule has 0 saturated heterocycles. The van der Waals surface area contributed by atoms with Crippen LogP contribution in [0.5, 0.6) is 0 Å². The molecule has 0 aliphatic carbocycles. The third-order valence-electron chi connectivity index (χ3n) is 4.73. The maximum absolute atomic E-state index is 12.8. The van der Waals surface area contributed by atoms with Crippen molar-refractivity contribution in [2.75, 3.05) is 16.8 Å². The van der Waals surface area contributed by atoms with Crippen LogP contribution in [0.25, 0.3) is 0 Å². The largest absolute Gasteiger partial charge is 0.327 e. The van der Waals surface area contributed by atoms with E-state index in [2.05, 4.69) is 11.4 Å². The van der Waals surface area contributed by atoms with Crippen molar-refractivity contribution in [2.24, 2.45) is 11.7 Å². The SMILES string of the molecule is CC(N)C(C)C(=O)Nc1ccc(C(=O)N2CCc3ccccc32)cc1. The zero-order chi connectivity index (χ0) is 18.0. The Bertz CT molecular complexity index is 784. The van der Waals surface area contributed by atoms with Crippen molar-refractivity contribution >= 4 is 23.2 Å². The summed E-state index contributed by atoms with van der Waals surface area (Å²) in [6.07, 6.45) is 0.880. The number of hydrogen-bond donors (Lipinski definition) is 2. The minimum Gasteiger partial charge on any atom is -0.327 e. The Labute approximate surface area is 147 Å². The molecule has 0 fully saturated rings. The summed E-state index contributed by atoms with van der Waals surface area (Å²) < 4.78 is 0. The second-order valence-corrected chi connectivity index (χ2v) is 6.55. The fraction of sp³-hybridized carbons (Fsp3) is 0.300. The molecule has 1 aliphatic rings. The van der Waals surface area contributed by atoms with Crippen molar-refractivity contribution in [3.05, 3.63) is 59.7 Å². The van der Waals surface area contributed by atoms with E-state index < -0.39 is 0 Å². The lowest BCUT2D eigenvalue weighted by atomic mass is 10.0. The van der Waals surface area contributed by atoms with Crippen LogP contribution in [0.4, 0.5) is 11.4 Å². The van der Waals surface area contributed by atoms with Gasteiger partial charge in [-0.25, -0.2) is 0 Å². The average molecular weight is 337 g/mol. The van der Waals surface area contributed by atoms with Crippen molar-refractivity contribution in [3.63, 3.8) is 0 Å². The molecule has 2 aromatic rings. The highest BCUT2D eigenvalue weighted by atomic mass is 16.2. The van der Waals surface area contributed by atoms with E-state index in [0.29, 0.717) is 17.8 Å². The first kappa shape index (κ1) is 17.2. The predicted molar refractivity (Wildman–Crippen MR) is 99.7 cm³/mol. The summed E-state index contributed by atoms with van der Waals surface area (Å²) in [7, 11) is 0. The number of anilines is 2. The molecule has 25 heavy (non-hydrogen) atoms.